The van der Waals surface area contributed by atoms with Gasteiger partial charge in [0, 0.05) is 31.0 Å². The van der Waals surface area contributed by atoms with Crippen LogP contribution >= 0.6 is 0 Å². The molecule has 0 spiro atoms. The predicted octanol–water partition coefficient (Wildman–Crippen LogP) is 5.13. The number of halogens is 3. The molecule has 3 heterocycles. The van der Waals surface area contributed by atoms with Gasteiger partial charge < -0.3 is 29.5 Å². The highest BCUT2D eigenvalue weighted by molar-refractivity contribution is 6.03. The SMILES string of the molecule is COc1cc2c(cc1NC(=O)c1cccc(C(F)(F)F)n1)=CC(C1CCC(O)(COCC3CCN(C(=O)OCc4ccccc4)CC3)CC1)N=2. The summed E-state index contributed by atoms with van der Waals surface area (Å²) in [6.07, 6.45) is 1.35. The van der Waals surface area contributed by atoms with Crippen LogP contribution in [0.4, 0.5) is 23.7 Å². The van der Waals surface area contributed by atoms with E-state index in [2.05, 4.69) is 10.3 Å². The molecule has 50 heavy (non-hydrogen) atoms. The van der Waals surface area contributed by atoms with Crippen LogP contribution < -0.4 is 20.6 Å². The third-order valence-electron chi connectivity index (χ3n) is 9.75. The highest BCUT2D eigenvalue weighted by atomic mass is 19.4. The van der Waals surface area contributed by atoms with Gasteiger partial charge in [-0.25, -0.2) is 9.78 Å². The fourth-order valence-electron chi connectivity index (χ4n) is 6.80. The first kappa shape index (κ1) is 35.3. The summed E-state index contributed by atoms with van der Waals surface area (Å²) in [5, 5.41) is 15.4. The molecule has 2 amide bonds. The van der Waals surface area contributed by atoms with Crippen LogP contribution in [0.1, 0.15) is 60.3 Å². The molecule has 2 fully saturated rings. The number of anilines is 1. The molecule has 2 N–H and O–H groups in total. The molecule has 13 heteroatoms. The normalized spacial score (nSPS) is 22.2. The second-order valence-corrected chi connectivity index (χ2v) is 13.3. The van der Waals surface area contributed by atoms with Crippen molar-refractivity contribution in [3.05, 3.63) is 88.2 Å². The highest BCUT2D eigenvalue weighted by Crippen LogP contribution is 2.36. The van der Waals surface area contributed by atoms with Gasteiger partial charge in [0.1, 0.15) is 23.7 Å². The van der Waals surface area contributed by atoms with Crippen LogP contribution in [0.15, 0.2) is 65.7 Å². The van der Waals surface area contributed by atoms with Crippen LogP contribution in [0.3, 0.4) is 0 Å². The summed E-state index contributed by atoms with van der Waals surface area (Å²) in [4.78, 5) is 35.4. The molecule has 1 aliphatic carbocycles. The van der Waals surface area contributed by atoms with E-state index in [1.165, 1.54) is 13.2 Å². The van der Waals surface area contributed by atoms with E-state index in [9.17, 15) is 27.9 Å². The van der Waals surface area contributed by atoms with Gasteiger partial charge in [-0.3, -0.25) is 9.79 Å². The minimum absolute atomic E-state index is 0.124. The van der Waals surface area contributed by atoms with Gasteiger partial charge in [0.2, 0.25) is 0 Å². The van der Waals surface area contributed by atoms with E-state index >= 15 is 0 Å². The lowest BCUT2D eigenvalue weighted by molar-refractivity contribution is -0.141. The summed E-state index contributed by atoms with van der Waals surface area (Å²) >= 11 is 0. The summed E-state index contributed by atoms with van der Waals surface area (Å²) in [7, 11) is 1.44. The van der Waals surface area contributed by atoms with Crippen LogP contribution in [0.25, 0.3) is 6.08 Å². The molecule has 3 aromatic rings. The van der Waals surface area contributed by atoms with Gasteiger partial charge in [0.25, 0.3) is 5.91 Å². The predicted molar refractivity (Wildman–Crippen MR) is 178 cm³/mol. The van der Waals surface area contributed by atoms with Crippen molar-refractivity contribution >= 4 is 23.8 Å². The Labute approximate surface area is 288 Å². The highest BCUT2D eigenvalue weighted by Gasteiger charge is 2.37. The van der Waals surface area contributed by atoms with E-state index in [0.717, 1.165) is 48.6 Å². The maximum Gasteiger partial charge on any atom is 0.433 e. The van der Waals surface area contributed by atoms with Gasteiger partial charge in [-0.15, -0.1) is 0 Å². The van der Waals surface area contributed by atoms with Crippen LogP contribution in [-0.4, -0.2) is 72.0 Å². The topological polar surface area (TPSA) is 123 Å². The molecule has 6 rings (SSSR count). The molecular formula is C37H41F3N4O6. The number of carbonyl (C=O) groups is 2. The Hall–Kier alpha value is -4.49. The lowest BCUT2D eigenvalue weighted by atomic mass is 9.76. The number of pyridine rings is 1. The average Bonchev–Trinajstić information content (AvgIpc) is 3.53. The second-order valence-electron chi connectivity index (χ2n) is 13.3. The number of fused-ring (bicyclic) bond motifs is 1. The number of amides is 2. The number of rotatable bonds is 10. The Morgan fingerprint density at radius 3 is 2.46 bits per heavy atom. The molecule has 1 aromatic heterocycles. The second kappa shape index (κ2) is 15.2. The van der Waals surface area contributed by atoms with Crippen LogP contribution in [0, 0.1) is 11.8 Å². The first-order valence-corrected chi connectivity index (χ1v) is 16.9. The minimum atomic E-state index is -4.67. The molecule has 1 atom stereocenters. The number of hydrogen-bond acceptors (Lipinski definition) is 8. The molecule has 10 nitrogen and oxygen atoms in total. The van der Waals surface area contributed by atoms with Crippen LogP contribution in [0.5, 0.6) is 5.75 Å². The van der Waals surface area contributed by atoms with Gasteiger partial charge in [0.15, 0.2) is 0 Å². The van der Waals surface area contributed by atoms with Crippen LogP contribution in [0.2, 0.25) is 0 Å². The van der Waals surface area contributed by atoms with Crippen molar-refractivity contribution in [3.63, 3.8) is 0 Å². The summed E-state index contributed by atoms with van der Waals surface area (Å²) in [6.45, 7) is 2.27. The van der Waals surface area contributed by atoms with Gasteiger partial charge in [-0.05, 0) is 74.1 Å². The van der Waals surface area contributed by atoms with E-state index in [1.54, 1.807) is 17.0 Å². The zero-order valence-corrected chi connectivity index (χ0v) is 27.8. The summed E-state index contributed by atoms with van der Waals surface area (Å²) in [5.74, 6) is 0.0449. The monoisotopic (exact) mass is 694 g/mol. The third kappa shape index (κ3) is 8.62. The Bertz CT molecular complexity index is 1790. The maximum absolute atomic E-state index is 13.1. The van der Waals surface area contributed by atoms with Crippen molar-refractivity contribution in [2.24, 2.45) is 16.8 Å². The fraction of sp³-hybridized carbons (Fsp3) is 0.459. The van der Waals surface area contributed by atoms with Crippen molar-refractivity contribution in [3.8, 4) is 5.75 Å². The number of methoxy groups -OCH3 is 1. The van der Waals surface area contributed by atoms with E-state index < -0.39 is 23.4 Å². The molecule has 2 aromatic carbocycles. The fourth-order valence-corrected chi connectivity index (χ4v) is 6.80. The molecule has 0 radical (unpaired) electrons. The first-order chi connectivity index (χ1) is 24.0. The number of alkyl halides is 3. The Balaban J connectivity index is 0.961. The third-order valence-corrected chi connectivity index (χ3v) is 9.75. The molecular weight excluding hydrogens is 653 g/mol. The van der Waals surface area contributed by atoms with E-state index in [0.29, 0.717) is 55.3 Å². The Morgan fingerprint density at radius 1 is 1.02 bits per heavy atom. The van der Waals surface area contributed by atoms with Gasteiger partial charge in [0.05, 0.1) is 36.4 Å². The molecule has 3 aliphatic rings. The summed E-state index contributed by atoms with van der Waals surface area (Å²) < 4.78 is 56.3. The molecule has 1 unspecified atom stereocenters. The summed E-state index contributed by atoms with van der Waals surface area (Å²) in [5.41, 5.74) is -1.18. The number of likely N-dealkylation sites (tertiary alicyclic amines) is 1. The number of aliphatic hydroxyl groups is 1. The van der Waals surface area contributed by atoms with Gasteiger partial charge in [-0.1, -0.05) is 42.5 Å². The molecule has 1 saturated carbocycles. The van der Waals surface area contributed by atoms with Crippen molar-refractivity contribution in [1.29, 1.82) is 0 Å². The molecule has 1 saturated heterocycles. The molecule has 2 aliphatic heterocycles. The van der Waals surface area contributed by atoms with Crippen molar-refractivity contribution in [2.75, 3.05) is 38.7 Å². The smallest absolute Gasteiger partial charge is 0.433 e. The zero-order chi connectivity index (χ0) is 35.3. The summed E-state index contributed by atoms with van der Waals surface area (Å²) in [6, 6.07) is 16.0. The number of nitrogens with one attached hydrogen (secondary N) is 1. The standard InChI is InChI=1S/C37H41F3N4O6/c1-48-32-20-30-27(19-31(32)43-34(45)28-8-5-9-33(42-28)37(38,39)40)18-29(41-30)26-10-14-36(47,15-11-26)23-49-21-25-12-16-44(17-13-25)35(46)50-22-24-6-3-2-4-7-24/h2-9,18-20,25-26,29,47H,10-17,21-23H2,1H3,(H,43,45). The Morgan fingerprint density at radius 2 is 1.76 bits per heavy atom. The number of hydrogen-bond donors (Lipinski definition) is 2. The van der Waals surface area contributed by atoms with Gasteiger partial charge >= 0.3 is 12.3 Å². The number of aromatic nitrogens is 1. The number of piperidine rings is 1. The number of carbonyl (C=O) groups excluding carboxylic acids is 2. The van der Waals surface area contributed by atoms with E-state index in [-0.39, 0.29) is 37.0 Å². The van der Waals surface area contributed by atoms with Crippen molar-refractivity contribution in [1.82, 2.24) is 9.88 Å². The minimum Gasteiger partial charge on any atom is -0.494 e. The van der Waals surface area contributed by atoms with Crippen LogP contribution in [-0.2, 0) is 22.3 Å². The van der Waals surface area contributed by atoms with Crippen molar-refractivity contribution < 1.29 is 42.1 Å². The van der Waals surface area contributed by atoms with E-state index in [1.807, 2.05) is 36.4 Å². The lowest BCUT2D eigenvalue weighted by Crippen LogP contribution is -2.42. The van der Waals surface area contributed by atoms with Gasteiger partial charge in [-0.2, -0.15) is 13.2 Å². The van der Waals surface area contributed by atoms with E-state index in [4.69, 9.17) is 19.2 Å². The molecule has 0 bridgehead atoms. The first-order valence-electron chi connectivity index (χ1n) is 16.9. The van der Waals surface area contributed by atoms with Crippen molar-refractivity contribution in [2.45, 2.75) is 63.0 Å². The number of benzene rings is 2. The number of nitrogens with zero attached hydrogens (tertiary/aromatic N) is 3. The maximum atomic E-state index is 13.1. The Kier molecular flexibility index (Phi) is 10.7. The zero-order valence-electron chi connectivity index (χ0n) is 27.8. The number of ether oxygens (including phenoxy) is 3. The lowest BCUT2D eigenvalue weighted by Gasteiger charge is -2.37. The average molecular weight is 695 g/mol. The largest absolute Gasteiger partial charge is 0.494 e. The molecule has 266 valence electrons. The quantitative estimate of drug-likeness (QED) is 0.302.